The first-order valence-corrected chi connectivity index (χ1v) is 7.50. The lowest BCUT2D eigenvalue weighted by Gasteiger charge is -2.22. The number of nitrogens with one attached hydrogen (secondary N) is 1. The molecular weight excluding hydrogens is 314 g/mol. The number of benzene rings is 2. The molecule has 0 bridgehead atoms. The van der Waals surface area contributed by atoms with E-state index in [0.29, 0.717) is 13.0 Å². The van der Waals surface area contributed by atoms with Gasteiger partial charge in [-0.05, 0) is 43.2 Å². The van der Waals surface area contributed by atoms with Gasteiger partial charge in [-0.2, -0.15) is 0 Å². The maximum Gasteiger partial charge on any atom is 0.119 e. The number of aliphatic hydroxyl groups is 1. The van der Waals surface area contributed by atoms with Crippen LogP contribution in [0.2, 0.25) is 0 Å². The van der Waals surface area contributed by atoms with Gasteiger partial charge >= 0.3 is 0 Å². The Hall–Kier alpha value is -1.75. The lowest BCUT2D eigenvalue weighted by Crippen LogP contribution is -2.43. The molecule has 2 rings (SSSR count). The van der Waals surface area contributed by atoms with Gasteiger partial charge in [0.25, 0.3) is 0 Å². The Bertz CT molecular complexity index is 548. The van der Waals surface area contributed by atoms with E-state index >= 15 is 0 Å². The Morgan fingerprint density at radius 3 is 2.30 bits per heavy atom. The van der Waals surface area contributed by atoms with Crippen LogP contribution in [0.4, 0.5) is 0 Å². The summed E-state index contributed by atoms with van der Waals surface area (Å²) < 4.78 is 5.70. The van der Waals surface area contributed by atoms with Crippen molar-refractivity contribution in [2.75, 3.05) is 13.2 Å². The smallest absolute Gasteiger partial charge is 0.119 e. The average molecular weight is 338 g/mol. The van der Waals surface area contributed by atoms with Crippen molar-refractivity contribution in [2.45, 2.75) is 25.4 Å². The minimum Gasteiger partial charge on any atom is -0.508 e. The predicted molar refractivity (Wildman–Crippen MR) is 94.5 cm³/mol. The van der Waals surface area contributed by atoms with Gasteiger partial charge in [0.2, 0.25) is 0 Å². The molecule has 2 aromatic carbocycles. The molecule has 4 nitrogen and oxygen atoms in total. The van der Waals surface area contributed by atoms with Crippen LogP contribution in [0.25, 0.3) is 0 Å². The van der Waals surface area contributed by atoms with Crippen molar-refractivity contribution in [2.24, 2.45) is 0 Å². The number of hydrogen-bond acceptors (Lipinski definition) is 4. The highest BCUT2D eigenvalue weighted by Gasteiger charge is 2.12. The molecule has 0 heterocycles. The maximum atomic E-state index is 9.52. The van der Waals surface area contributed by atoms with E-state index < -0.39 is 0 Å². The summed E-state index contributed by atoms with van der Waals surface area (Å²) >= 11 is 0. The molecule has 0 saturated heterocycles. The van der Waals surface area contributed by atoms with Gasteiger partial charge in [0, 0.05) is 12.1 Å². The van der Waals surface area contributed by atoms with Crippen molar-refractivity contribution in [3.8, 4) is 11.5 Å². The van der Waals surface area contributed by atoms with Crippen molar-refractivity contribution in [3.05, 3.63) is 60.2 Å². The zero-order chi connectivity index (χ0) is 15.8. The third-order valence-electron chi connectivity index (χ3n) is 3.40. The van der Waals surface area contributed by atoms with Crippen LogP contribution in [-0.4, -0.2) is 35.5 Å². The van der Waals surface area contributed by atoms with E-state index in [1.165, 1.54) is 0 Å². The molecule has 3 N–H and O–H groups in total. The molecule has 0 spiro atoms. The van der Waals surface area contributed by atoms with E-state index in [1.54, 1.807) is 12.1 Å². The number of rotatable bonds is 8. The Labute approximate surface area is 143 Å². The van der Waals surface area contributed by atoms with E-state index in [2.05, 4.69) is 5.32 Å². The standard InChI is InChI=1S/C18H23NO3.ClH/c1-14(13-22-18-5-3-2-4-6-18)19-16(12-20)11-15-7-9-17(21)10-8-15;/h2-10,14,16,19-21H,11-13H2,1H3;1H. The third kappa shape index (κ3) is 6.91. The molecule has 126 valence electrons. The fraction of sp³-hybridized carbons (Fsp3) is 0.333. The maximum absolute atomic E-state index is 9.52. The zero-order valence-corrected chi connectivity index (χ0v) is 14.0. The number of ether oxygens (including phenoxy) is 1. The zero-order valence-electron chi connectivity index (χ0n) is 13.2. The Kier molecular flexibility index (Phi) is 8.48. The highest BCUT2D eigenvalue weighted by atomic mass is 35.5. The topological polar surface area (TPSA) is 61.7 Å². The molecule has 0 radical (unpaired) electrons. The van der Waals surface area contributed by atoms with Crippen LogP contribution in [0.15, 0.2) is 54.6 Å². The fourth-order valence-corrected chi connectivity index (χ4v) is 2.28. The summed E-state index contributed by atoms with van der Waals surface area (Å²) in [6.45, 7) is 2.62. The highest BCUT2D eigenvalue weighted by Crippen LogP contribution is 2.12. The number of aliphatic hydroxyl groups excluding tert-OH is 1. The number of aromatic hydroxyl groups is 1. The van der Waals surface area contributed by atoms with Crippen LogP contribution in [0, 0.1) is 0 Å². The lowest BCUT2D eigenvalue weighted by molar-refractivity contribution is 0.207. The van der Waals surface area contributed by atoms with Crippen LogP contribution in [0.3, 0.4) is 0 Å². The Morgan fingerprint density at radius 2 is 1.70 bits per heavy atom. The highest BCUT2D eigenvalue weighted by molar-refractivity contribution is 5.85. The molecule has 2 atom stereocenters. The summed E-state index contributed by atoms with van der Waals surface area (Å²) in [5.74, 6) is 1.09. The molecule has 0 fully saturated rings. The Balaban J connectivity index is 0.00000264. The van der Waals surface area contributed by atoms with Crippen LogP contribution in [-0.2, 0) is 6.42 Å². The number of phenols is 1. The quantitative estimate of drug-likeness (QED) is 0.693. The molecule has 0 aliphatic carbocycles. The predicted octanol–water partition coefficient (Wildman–Crippen LogP) is 2.77. The molecule has 0 aliphatic heterocycles. The Morgan fingerprint density at radius 1 is 1.04 bits per heavy atom. The molecule has 2 unspecified atom stereocenters. The van der Waals surface area contributed by atoms with E-state index in [-0.39, 0.29) is 36.8 Å². The average Bonchev–Trinajstić information content (AvgIpc) is 2.55. The summed E-state index contributed by atoms with van der Waals surface area (Å²) in [4.78, 5) is 0. The summed E-state index contributed by atoms with van der Waals surface area (Å²) in [6.07, 6.45) is 0.701. The second-order valence-electron chi connectivity index (χ2n) is 5.44. The second kappa shape index (κ2) is 10.1. The molecule has 5 heteroatoms. The van der Waals surface area contributed by atoms with Crippen molar-refractivity contribution in [1.29, 1.82) is 0 Å². The number of phenolic OH excluding ortho intramolecular Hbond substituents is 1. The molecule has 0 saturated carbocycles. The van der Waals surface area contributed by atoms with Crippen LogP contribution >= 0.6 is 12.4 Å². The third-order valence-corrected chi connectivity index (χ3v) is 3.40. The minimum atomic E-state index is -0.0427. The van der Waals surface area contributed by atoms with Crippen LogP contribution < -0.4 is 10.1 Å². The van der Waals surface area contributed by atoms with Gasteiger partial charge in [-0.25, -0.2) is 0 Å². The van der Waals surface area contributed by atoms with Crippen molar-refractivity contribution in [3.63, 3.8) is 0 Å². The van der Waals surface area contributed by atoms with Gasteiger partial charge in [-0.3, -0.25) is 0 Å². The van der Waals surface area contributed by atoms with E-state index in [1.807, 2.05) is 49.4 Å². The lowest BCUT2D eigenvalue weighted by atomic mass is 10.1. The SMILES string of the molecule is CC(COc1ccccc1)NC(CO)Cc1ccc(O)cc1.Cl. The minimum absolute atomic E-state index is 0. The van der Waals surface area contributed by atoms with E-state index in [4.69, 9.17) is 4.74 Å². The first-order chi connectivity index (χ1) is 10.7. The van der Waals surface area contributed by atoms with Gasteiger partial charge in [0.15, 0.2) is 0 Å². The van der Waals surface area contributed by atoms with Gasteiger partial charge in [0.05, 0.1) is 6.61 Å². The van der Waals surface area contributed by atoms with Gasteiger partial charge in [0.1, 0.15) is 18.1 Å². The molecule has 0 aromatic heterocycles. The van der Waals surface area contributed by atoms with Crippen molar-refractivity contribution in [1.82, 2.24) is 5.32 Å². The monoisotopic (exact) mass is 337 g/mol. The normalized spacial score (nSPS) is 13.0. The number of hydrogen-bond donors (Lipinski definition) is 3. The van der Waals surface area contributed by atoms with Gasteiger partial charge < -0.3 is 20.3 Å². The second-order valence-corrected chi connectivity index (χ2v) is 5.44. The fourth-order valence-electron chi connectivity index (χ4n) is 2.28. The largest absolute Gasteiger partial charge is 0.508 e. The number of halogens is 1. The molecule has 2 aromatic rings. The molecule has 23 heavy (non-hydrogen) atoms. The molecular formula is C18H24ClNO3. The van der Waals surface area contributed by atoms with Crippen LogP contribution in [0.1, 0.15) is 12.5 Å². The van der Waals surface area contributed by atoms with E-state index in [9.17, 15) is 10.2 Å². The first kappa shape index (κ1) is 19.3. The summed E-state index contributed by atoms with van der Waals surface area (Å²) in [5.41, 5.74) is 1.07. The van der Waals surface area contributed by atoms with Gasteiger partial charge in [-0.15, -0.1) is 12.4 Å². The van der Waals surface area contributed by atoms with Crippen molar-refractivity contribution < 1.29 is 14.9 Å². The summed E-state index contributed by atoms with van der Waals surface area (Å²) in [6, 6.07) is 16.8. The summed E-state index contributed by atoms with van der Waals surface area (Å²) in [7, 11) is 0. The van der Waals surface area contributed by atoms with Crippen molar-refractivity contribution >= 4 is 12.4 Å². The molecule has 0 amide bonds. The van der Waals surface area contributed by atoms with Gasteiger partial charge in [-0.1, -0.05) is 30.3 Å². The van der Waals surface area contributed by atoms with E-state index in [0.717, 1.165) is 11.3 Å². The summed E-state index contributed by atoms with van der Waals surface area (Å²) in [5, 5.41) is 22.2. The molecule has 0 aliphatic rings. The first-order valence-electron chi connectivity index (χ1n) is 7.50. The number of para-hydroxylation sites is 1. The van der Waals surface area contributed by atoms with Crippen LogP contribution in [0.5, 0.6) is 11.5 Å².